The normalized spacial score (nSPS) is 21.3. The number of β-amino-alcohol motifs (C(OH)–C–C–N with tert-alkyl or cyclic N) is 1. The van der Waals surface area contributed by atoms with Crippen molar-refractivity contribution in [2.75, 3.05) is 13.1 Å². The number of amides is 1. The van der Waals surface area contributed by atoms with Crippen molar-refractivity contribution < 1.29 is 9.90 Å². The van der Waals surface area contributed by atoms with Gasteiger partial charge in [0.15, 0.2) is 0 Å². The second-order valence-corrected chi connectivity index (χ2v) is 6.39. The van der Waals surface area contributed by atoms with Crippen LogP contribution in [0.1, 0.15) is 28.9 Å². The molecular formula is C17H19N5O2. The third-order valence-corrected chi connectivity index (χ3v) is 4.78. The summed E-state index contributed by atoms with van der Waals surface area (Å²) in [5, 5.41) is 22.1. The number of aromatic amines is 1. The van der Waals surface area contributed by atoms with Crippen molar-refractivity contribution >= 4 is 16.8 Å². The monoisotopic (exact) mass is 325 g/mol. The van der Waals surface area contributed by atoms with Gasteiger partial charge in [0.2, 0.25) is 0 Å². The van der Waals surface area contributed by atoms with Crippen molar-refractivity contribution in [2.45, 2.75) is 18.4 Å². The molecular weight excluding hydrogens is 306 g/mol. The number of aryl methyl sites for hydroxylation is 1. The van der Waals surface area contributed by atoms with E-state index >= 15 is 0 Å². The highest BCUT2D eigenvalue weighted by Gasteiger charge is 2.39. The SMILES string of the molecule is Cn1cc(C(=O)N2CCCC(O)(c3cn[nH]n3)C2)c2ccccc21. The van der Waals surface area contributed by atoms with Gasteiger partial charge in [-0.25, -0.2) is 0 Å². The van der Waals surface area contributed by atoms with E-state index in [1.54, 1.807) is 4.90 Å². The summed E-state index contributed by atoms with van der Waals surface area (Å²) >= 11 is 0. The van der Waals surface area contributed by atoms with Crippen molar-refractivity contribution in [1.29, 1.82) is 0 Å². The van der Waals surface area contributed by atoms with E-state index in [4.69, 9.17) is 0 Å². The number of aliphatic hydroxyl groups is 1. The fraction of sp³-hybridized carbons (Fsp3) is 0.353. The lowest BCUT2D eigenvalue weighted by Gasteiger charge is -2.37. The summed E-state index contributed by atoms with van der Waals surface area (Å²) in [6, 6.07) is 7.84. The minimum absolute atomic E-state index is 0.0616. The first-order chi connectivity index (χ1) is 11.6. The van der Waals surface area contributed by atoms with Crippen LogP contribution in [0.3, 0.4) is 0 Å². The number of carbonyl (C=O) groups excluding carboxylic acids is 1. The summed E-state index contributed by atoms with van der Waals surface area (Å²) in [7, 11) is 1.93. The zero-order valence-corrected chi connectivity index (χ0v) is 13.4. The van der Waals surface area contributed by atoms with Crippen LogP contribution in [0, 0.1) is 0 Å². The van der Waals surface area contributed by atoms with Crippen LogP contribution in [0.5, 0.6) is 0 Å². The summed E-state index contributed by atoms with van der Waals surface area (Å²) in [6.45, 7) is 0.851. The molecule has 1 aliphatic heterocycles. The van der Waals surface area contributed by atoms with Crippen molar-refractivity contribution in [3.8, 4) is 0 Å². The van der Waals surface area contributed by atoms with Crippen LogP contribution in [-0.4, -0.2) is 49.0 Å². The lowest BCUT2D eigenvalue weighted by molar-refractivity contribution is -0.0319. The number of hydrogen-bond acceptors (Lipinski definition) is 4. The molecule has 1 fully saturated rings. The molecule has 0 saturated carbocycles. The molecule has 2 N–H and O–H groups in total. The van der Waals surface area contributed by atoms with E-state index in [0.717, 1.165) is 17.3 Å². The first kappa shape index (κ1) is 14.9. The Bertz CT molecular complexity index is 886. The largest absolute Gasteiger partial charge is 0.382 e. The maximum Gasteiger partial charge on any atom is 0.256 e. The van der Waals surface area contributed by atoms with Gasteiger partial charge in [0.25, 0.3) is 5.91 Å². The van der Waals surface area contributed by atoms with Crippen molar-refractivity contribution in [3.63, 3.8) is 0 Å². The van der Waals surface area contributed by atoms with E-state index in [-0.39, 0.29) is 12.5 Å². The number of aromatic nitrogens is 4. The van der Waals surface area contributed by atoms with E-state index in [1.165, 1.54) is 6.20 Å². The molecule has 7 nitrogen and oxygen atoms in total. The molecule has 1 unspecified atom stereocenters. The van der Waals surface area contributed by atoms with Crippen LogP contribution in [-0.2, 0) is 12.6 Å². The molecule has 1 amide bonds. The third kappa shape index (κ3) is 2.28. The molecule has 24 heavy (non-hydrogen) atoms. The first-order valence-corrected chi connectivity index (χ1v) is 8.00. The van der Waals surface area contributed by atoms with Crippen LogP contribution >= 0.6 is 0 Å². The molecule has 7 heteroatoms. The molecule has 1 atom stereocenters. The molecule has 0 radical (unpaired) electrons. The summed E-state index contributed by atoms with van der Waals surface area (Å²) in [5.74, 6) is -0.0616. The molecule has 0 bridgehead atoms. The third-order valence-electron chi connectivity index (χ3n) is 4.78. The van der Waals surface area contributed by atoms with Gasteiger partial charge in [-0.3, -0.25) is 4.79 Å². The molecule has 3 heterocycles. The topological polar surface area (TPSA) is 87.0 Å². The van der Waals surface area contributed by atoms with E-state index in [2.05, 4.69) is 15.4 Å². The highest BCUT2D eigenvalue weighted by molar-refractivity contribution is 6.07. The Hall–Kier alpha value is -2.67. The van der Waals surface area contributed by atoms with Crippen molar-refractivity contribution in [1.82, 2.24) is 24.9 Å². The standard InChI is InChI=1S/C17H19N5O2/c1-21-10-13(12-5-2-3-6-14(12)21)16(23)22-8-4-7-17(24,11-22)15-9-18-20-19-15/h2-3,5-6,9-10,24H,4,7-8,11H2,1H3,(H,18,19,20). The number of fused-ring (bicyclic) bond motifs is 1. The van der Waals surface area contributed by atoms with E-state index in [9.17, 15) is 9.90 Å². The second kappa shape index (κ2) is 5.45. The Morgan fingerprint density at radius 3 is 3.00 bits per heavy atom. The minimum Gasteiger partial charge on any atom is -0.382 e. The number of H-pyrrole nitrogens is 1. The van der Waals surface area contributed by atoms with Gasteiger partial charge in [0, 0.05) is 30.7 Å². The molecule has 2 aromatic heterocycles. The van der Waals surface area contributed by atoms with Crippen LogP contribution in [0.2, 0.25) is 0 Å². The minimum atomic E-state index is -1.15. The predicted molar refractivity (Wildman–Crippen MR) is 88.3 cm³/mol. The number of rotatable bonds is 2. The highest BCUT2D eigenvalue weighted by Crippen LogP contribution is 2.31. The molecule has 3 aromatic rings. The first-order valence-electron chi connectivity index (χ1n) is 8.00. The number of benzene rings is 1. The zero-order chi connectivity index (χ0) is 16.7. The van der Waals surface area contributed by atoms with Crippen LogP contribution in [0.15, 0.2) is 36.7 Å². The number of nitrogens with zero attached hydrogens (tertiary/aromatic N) is 4. The quantitative estimate of drug-likeness (QED) is 0.746. The molecule has 4 rings (SSSR count). The van der Waals surface area contributed by atoms with Gasteiger partial charge in [0.1, 0.15) is 11.3 Å². The Balaban J connectivity index is 1.67. The fourth-order valence-corrected chi connectivity index (χ4v) is 3.53. The van der Waals surface area contributed by atoms with E-state index < -0.39 is 5.60 Å². The number of carbonyl (C=O) groups is 1. The second-order valence-electron chi connectivity index (χ2n) is 6.39. The number of likely N-dealkylation sites (tertiary alicyclic amines) is 1. The zero-order valence-electron chi connectivity index (χ0n) is 13.4. The average molecular weight is 325 g/mol. The van der Waals surface area contributed by atoms with Gasteiger partial charge >= 0.3 is 0 Å². The van der Waals surface area contributed by atoms with Crippen molar-refractivity contribution in [2.24, 2.45) is 7.05 Å². The molecule has 1 aliphatic rings. The van der Waals surface area contributed by atoms with Crippen LogP contribution < -0.4 is 0 Å². The summed E-state index contributed by atoms with van der Waals surface area (Å²) in [6.07, 6.45) is 4.67. The Morgan fingerprint density at radius 1 is 1.38 bits per heavy atom. The van der Waals surface area contributed by atoms with Gasteiger partial charge in [0.05, 0.1) is 18.3 Å². The lowest BCUT2D eigenvalue weighted by Crippen LogP contribution is -2.48. The Labute approximate surface area is 138 Å². The lowest BCUT2D eigenvalue weighted by atomic mass is 9.89. The van der Waals surface area contributed by atoms with Gasteiger partial charge < -0.3 is 14.6 Å². The van der Waals surface area contributed by atoms with Crippen LogP contribution in [0.4, 0.5) is 0 Å². The summed E-state index contributed by atoms with van der Waals surface area (Å²) < 4.78 is 1.95. The average Bonchev–Trinajstić information content (AvgIpc) is 3.24. The summed E-state index contributed by atoms with van der Waals surface area (Å²) in [5.41, 5.74) is 1.02. The van der Waals surface area contributed by atoms with E-state index in [1.807, 2.05) is 42.1 Å². The number of piperidine rings is 1. The smallest absolute Gasteiger partial charge is 0.256 e. The van der Waals surface area contributed by atoms with Gasteiger partial charge in [-0.1, -0.05) is 18.2 Å². The highest BCUT2D eigenvalue weighted by atomic mass is 16.3. The Kier molecular flexibility index (Phi) is 3.38. The summed E-state index contributed by atoms with van der Waals surface area (Å²) in [4.78, 5) is 14.8. The van der Waals surface area contributed by atoms with Gasteiger partial charge in [-0.15, -0.1) is 0 Å². The molecule has 124 valence electrons. The predicted octanol–water partition coefficient (Wildman–Crippen LogP) is 1.42. The fourth-order valence-electron chi connectivity index (χ4n) is 3.53. The maximum absolute atomic E-state index is 13.0. The maximum atomic E-state index is 13.0. The van der Waals surface area contributed by atoms with Gasteiger partial charge in [-0.2, -0.15) is 15.4 Å². The van der Waals surface area contributed by atoms with Gasteiger partial charge in [-0.05, 0) is 18.9 Å². The van der Waals surface area contributed by atoms with Crippen molar-refractivity contribution in [3.05, 3.63) is 47.9 Å². The van der Waals surface area contributed by atoms with Crippen LogP contribution in [0.25, 0.3) is 10.9 Å². The molecule has 1 aromatic carbocycles. The molecule has 0 aliphatic carbocycles. The molecule has 0 spiro atoms. The Morgan fingerprint density at radius 2 is 2.21 bits per heavy atom. The molecule has 1 saturated heterocycles. The number of para-hydroxylation sites is 1. The number of hydrogen-bond donors (Lipinski definition) is 2. The van der Waals surface area contributed by atoms with E-state index in [0.29, 0.717) is 24.2 Å². The number of nitrogens with one attached hydrogen (secondary N) is 1.